The number of unbranched alkanes of at least 4 members (excludes halogenated alkanes) is 1. The van der Waals surface area contributed by atoms with Crippen LogP contribution in [0.4, 0.5) is 0 Å². The zero-order chi connectivity index (χ0) is 15.4. The second-order valence-corrected chi connectivity index (χ2v) is 6.16. The summed E-state index contributed by atoms with van der Waals surface area (Å²) in [4.78, 5) is 2.60. The smallest absolute Gasteiger partial charge is 0.123 e. The average Bonchev–Trinajstić information content (AvgIpc) is 2.58. The van der Waals surface area contributed by atoms with Crippen molar-refractivity contribution in [3.05, 3.63) is 42.0 Å². The third-order valence-electron chi connectivity index (χ3n) is 4.72. The molecule has 0 aromatic heterocycles. The Kier molecular flexibility index (Phi) is 8.85. The number of hydrogen-bond donors (Lipinski definition) is 2. The normalized spacial score (nSPS) is 16.2. The van der Waals surface area contributed by atoms with Crippen molar-refractivity contribution in [1.29, 1.82) is 0 Å². The number of phenols is 1. The summed E-state index contributed by atoms with van der Waals surface area (Å²) >= 11 is 0. The summed E-state index contributed by atoms with van der Waals surface area (Å²) in [6.07, 6.45) is 3.65. The monoisotopic (exact) mass is 370 g/mol. The van der Waals surface area contributed by atoms with Crippen LogP contribution in [-0.2, 0) is 0 Å². The Morgan fingerprint density at radius 2 is 1.71 bits per heavy atom. The molecule has 2 N–H and O–H groups in total. The first kappa shape index (κ1) is 21.0. The molecule has 1 atom stereocenters. The molecule has 0 aliphatic carbocycles. The maximum atomic E-state index is 10.1. The van der Waals surface area contributed by atoms with Crippen LogP contribution in [0.3, 0.4) is 0 Å². The van der Waals surface area contributed by atoms with Crippen LogP contribution in [0.2, 0.25) is 0 Å². The lowest BCUT2D eigenvalue weighted by molar-refractivity contribution is 0.164. The highest BCUT2D eigenvalue weighted by atomic mass is 35.5. The number of benzene rings is 2. The molecule has 5 heteroatoms. The molecule has 0 saturated carbocycles. The number of rotatable bonds is 5. The molecular formula is C19H28Cl2N2O. The highest BCUT2D eigenvalue weighted by molar-refractivity contribution is 5.91. The molecule has 2 aromatic rings. The lowest BCUT2D eigenvalue weighted by Gasteiger charge is -2.36. The third kappa shape index (κ3) is 4.54. The first-order chi connectivity index (χ1) is 10.8. The predicted molar refractivity (Wildman–Crippen MR) is 107 cm³/mol. The summed E-state index contributed by atoms with van der Waals surface area (Å²) in [5.41, 5.74) is 1.36. The van der Waals surface area contributed by atoms with Crippen LogP contribution in [0.15, 0.2) is 36.4 Å². The van der Waals surface area contributed by atoms with Crippen LogP contribution in [0.1, 0.15) is 37.8 Å². The van der Waals surface area contributed by atoms with E-state index in [1.54, 1.807) is 0 Å². The fourth-order valence-electron chi connectivity index (χ4n) is 3.52. The van der Waals surface area contributed by atoms with Crippen molar-refractivity contribution in [3.63, 3.8) is 0 Å². The number of aromatic hydroxyl groups is 1. The summed E-state index contributed by atoms with van der Waals surface area (Å²) in [7, 11) is 0. The summed E-state index contributed by atoms with van der Waals surface area (Å²) in [6, 6.07) is 12.7. The molecule has 0 spiro atoms. The van der Waals surface area contributed by atoms with E-state index in [0.717, 1.165) is 31.6 Å². The summed E-state index contributed by atoms with van der Waals surface area (Å²) in [5.74, 6) is 0.383. The van der Waals surface area contributed by atoms with E-state index < -0.39 is 0 Å². The van der Waals surface area contributed by atoms with E-state index in [9.17, 15) is 5.11 Å². The van der Waals surface area contributed by atoms with Gasteiger partial charge in [-0.1, -0.05) is 50.1 Å². The number of halogens is 2. The molecule has 1 aliphatic rings. The number of nitrogens with zero attached hydrogens (tertiary/aromatic N) is 1. The molecule has 24 heavy (non-hydrogen) atoms. The molecular weight excluding hydrogens is 343 g/mol. The fourth-order valence-corrected chi connectivity index (χ4v) is 3.52. The second-order valence-electron chi connectivity index (χ2n) is 6.16. The van der Waals surface area contributed by atoms with E-state index in [1.807, 2.05) is 18.2 Å². The molecule has 0 amide bonds. The van der Waals surface area contributed by atoms with Crippen molar-refractivity contribution in [3.8, 4) is 5.75 Å². The van der Waals surface area contributed by atoms with E-state index in [-0.39, 0.29) is 24.8 Å². The second kappa shape index (κ2) is 10.1. The Morgan fingerprint density at radius 1 is 1.04 bits per heavy atom. The third-order valence-corrected chi connectivity index (χ3v) is 4.72. The first-order valence-electron chi connectivity index (χ1n) is 8.46. The van der Waals surface area contributed by atoms with Crippen molar-refractivity contribution in [2.24, 2.45) is 0 Å². The topological polar surface area (TPSA) is 35.5 Å². The lowest BCUT2D eigenvalue weighted by Crippen LogP contribution is -2.45. The first-order valence-corrected chi connectivity index (χ1v) is 8.46. The number of hydrogen-bond acceptors (Lipinski definition) is 3. The van der Waals surface area contributed by atoms with Gasteiger partial charge in [-0.15, -0.1) is 24.8 Å². The number of piperazine rings is 1. The molecule has 0 bridgehead atoms. The van der Waals surface area contributed by atoms with Crippen molar-refractivity contribution < 1.29 is 5.11 Å². The Bertz CT molecular complexity index is 630. The van der Waals surface area contributed by atoms with E-state index in [4.69, 9.17) is 0 Å². The summed E-state index contributed by atoms with van der Waals surface area (Å²) in [6.45, 7) is 6.59. The highest BCUT2D eigenvalue weighted by Crippen LogP contribution is 2.35. The quantitative estimate of drug-likeness (QED) is 0.811. The zero-order valence-electron chi connectivity index (χ0n) is 14.2. The summed E-state index contributed by atoms with van der Waals surface area (Å²) < 4.78 is 0. The fraction of sp³-hybridized carbons (Fsp3) is 0.474. The average molecular weight is 371 g/mol. The van der Waals surface area contributed by atoms with Gasteiger partial charge in [-0.25, -0.2) is 0 Å². The van der Waals surface area contributed by atoms with Crippen molar-refractivity contribution in [1.82, 2.24) is 10.2 Å². The minimum Gasteiger partial charge on any atom is -0.507 e. The maximum Gasteiger partial charge on any atom is 0.123 e. The SMILES string of the molecule is CCCC[C@@H](c1ccc(O)c2ccccc12)N1CCNCC1.Cl.Cl. The lowest BCUT2D eigenvalue weighted by atomic mass is 9.93. The van der Waals surface area contributed by atoms with E-state index in [2.05, 4.69) is 35.3 Å². The maximum absolute atomic E-state index is 10.1. The van der Waals surface area contributed by atoms with Crippen molar-refractivity contribution >= 4 is 35.6 Å². The largest absolute Gasteiger partial charge is 0.507 e. The Hall–Kier alpha value is -1.000. The molecule has 134 valence electrons. The van der Waals surface area contributed by atoms with Crippen LogP contribution in [0.25, 0.3) is 10.8 Å². The molecule has 2 aromatic carbocycles. The van der Waals surface area contributed by atoms with Crippen LogP contribution in [0, 0.1) is 0 Å². The Balaban J connectivity index is 0.00000144. The van der Waals surface area contributed by atoms with Gasteiger partial charge in [-0.3, -0.25) is 4.90 Å². The standard InChI is InChI=1S/C19H26N2O.2ClH/c1-2-3-8-18(21-13-11-20-12-14-21)16-9-10-19(22)17-7-5-4-6-15(16)17;;/h4-7,9-10,18,20,22H,2-3,8,11-14H2,1H3;2*1H/t18-;;/m0../s1. The van der Waals surface area contributed by atoms with Gasteiger partial charge in [0.25, 0.3) is 0 Å². The Morgan fingerprint density at radius 3 is 2.38 bits per heavy atom. The predicted octanol–water partition coefficient (Wildman–Crippen LogP) is 4.53. The van der Waals surface area contributed by atoms with Gasteiger partial charge in [-0.05, 0) is 23.4 Å². The van der Waals surface area contributed by atoms with Gasteiger partial charge in [0.05, 0.1) is 0 Å². The molecule has 1 fully saturated rings. The summed E-state index contributed by atoms with van der Waals surface area (Å²) in [5, 5.41) is 15.7. The van der Waals surface area contributed by atoms with Crippen molar-refractivity contribution in [2.45, 2.75) is 32.2 Å². The van der Waals surface area contributed by atoms with E-state index in [1.165, 1.54) is 30.2 Å². The minimum atomic E-state index is 0. The van der Waals surface area contributed by atoms with E-state index >= 15 is 0 Å². The number of phenolic OH excluding ortho intramolecular Hbond substituents is 1. The van der Waals surface area contributed by atoms with Gasteiger partial charge in [0.15, 0.2) is 0 Å². The van der Waals surface area contributed by atoms with Gasteiger partial charge < -0.3 is 10.4 Å². The zero-order valence-corrected chi connectivity index (χ0v) is 15.8. The van der Waals surface area contributed by atoms with Gasteiger partial charge in [0, 0.05) is 37.6 Å². The van der Waals surface area contributed by atoms with Gasteiger partial charge >= 0.3 is 0 Å². The van der Waals surface area contributed by atoms with E-state index in [0.29, 0.717) is 11.8 Å². The van der Waals surface area contributed by atoms with Crippen LogP contribution >= 0.6 is 24.8 Å². The number of nitrogens with one attached hydrogen (secondary N) is 1. The van der Waals surface area contributed by atoms with Crippen LogP contribution < -0.4 is 5.32 Å². The molecule has 0 unspecified atom stereocenters. The highest BCUT2D eigenvalue weighted by Gasteiger charge is 2.23. The Labute approximate surface area is 157 Å². The molecule has 1 saturated heterocycles. The molecule has 1 heterocycles. The van der Waals surface area contributed by atoms with Crippen LogP contribution in [-0.4, -0.2) is 36.2 Å². The number of fused-ring (bicyclic) bond motifs is 1. The van der Waals surface area contributed by atoms with Crippen LogP contribution in [0.5, 0.6) is 5.75 Å². The molecule has 3 nitrogen and oxygen atoms in total. The molecule has 1 aliphatic heterocycles. The molecule has 0 radical (unpaired) electrons. The minimum absolute atomic E-state index is 0. The van der Waals surface area contributed by atoms with Gasteiger partial charge in [0.2, 0.25) is 0 Å². The van der Waals surface area contributed by atoms with Crippen molar-refractivity contribution in [2.75, 3.05) is 26.2 Å². The molecule has 3 rings (SSSR count). The van der Waals surface area contributed by atoms with Gasteiger partial charge in [0.1, 0.15) is 5.75 Å². The van der Waals surface area contributed by atoms with Gasteiger partial charge in [-0.2, -0.15) is 0 Å².